The van der Waals surface area contributed by atoms with Crippen molar-refractivity contribution in [3.05, 3.63) is 65.7 Å². The van der Waals surface area contributed by atoms with Gasteiger partial charge in [-0.3, -0.25) is 14.4 Å². The van der Waals surface area contributed by atoms with E-state index < -0.39 is 6.04 Å². The van der Waals surface area contributed by atoms with Gasteiger partial charge in [-0.05, 0) is 55.9 Å². The second-order valence-electron chi connectivity index (χ2n) is 8.95. The van der Waals surface area contributed by atoms with Crippen molar-refractivity contribution in [3.63, 3.8) is 0 Å². The lowest BCUT2D eigenvalue weighted by atomic mass is 9.95. The first-order valence-corrected chi connectivity index (χ1v) is 11.4. The molecule has 1 aliphatic rings. The van der Waals surface area contributed by atoms with Crippen LogP contribution in [0, 0.1) is 18.8 Å². The summed E-state index contributed by atoms with van der Waals surface area (Å²) in [6, 6.07) is 16.1. The Morgan fingerprint density at radius 3 is 2.41 bits per heavy atom. The van der Waals surface area contributed by atoms with Gasteiger partial charge in [0, 0.05) is 24.3 Å². The van der Waals surface area contributed by atoms with E-state index >= 15 is 0 Å². The van der Waals surface area contributed by atoms with Crippen LogP contribution < -0.4 is 10.6 Å². The Balaban J connectivity index is 1.67. The van der Waals surface area contributed by atoms with Gasteiger partial charge in [-0.1, -0.05) is 50.2 Å². The minimum absolute atomic E-state index is 0.0712. The number of carbonyl (C=O) groups is 3. The zero-order chi connectivity index (χ0) is 23.1. The summed E-state index contributed by atoms with van der Waals surface area (Å²) >= 11 is 0. The van der Waals surface area contributed by atoms with Crippen LogP contribution in [-0.4, -0.2) is 41.8 Å². The molecule has 0 spiro atoms. The maximum atomic E-state index is 13.4. The van der Waals surface area contributed by atoms with Crippen molar-refractivity contribution in [1.82, 2.24) is 10.2 Å². The van der Waals surface area contributed by atoms with Crippen LogP contribution in [0.5, 0.6) is 0 Å². The smallest absolute Gasteiger partial charge is 0.252 e. The first-order chi connectivity index (χ1) is 15.3. The maximum absolute atomic E-state index is 13.4. The first-order valence-electron chi connectivity index (χ1n) is 11.4. The number of nitrogens with one attached hydrogen (secondary N) is 2. The molecule has 1 heterocycles. The summed E-state index contributed by atoms with van der Waals surface area (Å²) in [6.45, 7) is 6.92. The standard InChI is InChI=1S/C26H33N3O3/c1-18(2)16-23(28-25(31)22-14-8-7-10-19(22)3)26(32)29-15-9-11-20(17-29)24(30)27-21-12-5-4-6-13-21/h4-8,10,12-14,18,20,23H,9,11,15-17H2,1-3H3,(H,27,30)(H,28,31). The molecule has 2 aromatic rings. The molecule has 0 saturated carbocycles. The summed E-state index contributed by atoms with van der Waals surface area (Å²) in [5.41, 5.74) is 2.20. The number of piperidine rings is 1. The van der Waals surface area contributed by atoms with Gasteiger partial charge < -0.3 is 15.5 Å². The molecule has 0 radical (unpaired) electrons. The van der Waals surface area contributed by atoms with Gasteiger partial charge in [0.1, 0.15) is 6.04 Å². The van der Waals surface area contributed by atoms with Crippen molar-refractivity contribution < 1.29 is 14.4 Å². The average Bonchev–Trinajstić information content (AvgIpc) is 2.79. The molecule has 2 unspecified atom stereocenters. The number of anilines is 1. The molecular formula is C26H33N3O3. The van der Waals surface area contributed by atoms with Gasteiger partial charge in [0.2, 0.25) is 11.8 Å². The molecule has 0 aliphatic carbocycles. The summed E-state index contributed by atoms with van der Waals surface area (Å²) < 4.78 is 0. The monoisotopic (exact) mass is 435 g/mol. The molecule has 6 heteroatoms. The summed E-state index contributed by atoms with van der Waals surface area (Å²) in [7, 11) is 0. The van der Waals surface area contributed by atoms with E-state index in [0.717, 1.165) is 24.1 Å². The molecule has 170 valence electrons. The van der Waals surface area contributed by atoms with E-state index in [1.807, 2.05) is 69.3 Å². The number of aryl methyl sites for hydroxylation is 1. The number of amides is 3. The highest BCUT2D eigenvalue weighted by atomic mass is 16.2. The Morgan fingerprint density at radius 1 is 1.03 bits per heavy atom. The quantitative estimate of drug-likeness (QED) is 0.690. The molecule has 32 heavy (non-hydrogen) atoms. The largest absolute Gasteiger partial charge is 0.340 e. The molecule has 3 amide bonds. The molecule has 0 aromatic heterocycles. The van der Waals surface area contributed by atoms with E-state index in [9.17, 15) is 14.4 Å². The Bertz CT molecular complexity index is 942. The Hall–Kier alpha value is -3.15. The number of likely N-dealkylation sites (tertiary alicyclic amines) is 1. The van der Waals surface area contributed by atoms with Gasteiger partial charge in [0.25, 0.3) is 5.91 Å². The molecule has 2 N–H and O–H groups in total. The number of benzene rings is 2. The summed E-state index contributed by atoms with van der Waals surface area (Å²) in [5.74, 6) is -0.448. The Labute approximate surface area is 190 Å². The van der Waals surface area contributed by atoms with Crippen molar-refractivity contribution in [3.8, 4) is 0 Å². The lowest BCUT2D eigenvalue weighted by Gasteiger charge is -2.35. The minimum atomic E-state index is -0.613. The lowest BCUT2D eigenvalue weighted by molar-refractivity contribution is -0.136. The van der Waals surface area contributed by atoms with Gasteiger partial charge in [-0.2, -0.15) is 0 Å². The van der Waals surface area contributed by atoms with E-state index in [-0.39, 0.29) is 29.6 Å². The van der Waals surface area contributed by atoms with E-state index in [2.05, 4.69) is 10.6 Å². The van der Waals surface area contributed by atoms with Crippen LogP contribution in [0.3, 0.4) is 0 Å². The van der Waals surface area contributed by atoms with Crippen LogP contribution in [0.4, 0.5) is 5.69 Å². The van der Waals surface area contributed by atoms with E-state index in [0.29, 0.717) is 25.1 Å². The summed E-state index contributed by atoms with van der Waals surface area (Å²) in [4.78, 5) is 40.8. The van der Waals surface area contributed by atoms with Gasteiger partial charge >= 0.3 is 0 Å². The van der Waals surface area contributed by atoms with Crippen molar-refractivity contribution in [1.29, 1.82) is 0 Å². The van der Waals surface area contributed by atoms with E-state index in [1.54, 1.807) is 11.0 Å². The minimum Gasteiger partial charge on any atom is -0.340 e. The number of nitrogens with zero attached hydrogens (tertiary/aromatic N) is 1. The maximum Gasteiger partial charge on any atom is 0.252 e. The van der Waals surface area contributed by atoms with Crippen LogP contribution in [0.15, 0.2) is 54.6 Å². The molecule has 0 bridgehead atoms. The Kier molecular flexibility index (Phi) is 8.03. The third-order valence-corrected chi connectivity index (χ3v) is 5.85. The summed E-state index contributed by atoms with van der Waals surface area (Å²) in [5, 5.41) is 5.90. The SMILES string of the molecule is Cc1ccccc1C(=O)NC(CC(C)C)C(=O)N1CCCC(C(=O)Nc2ccccc2)C1. The molecule has 2 atom stereocenters. The fourth-order valence-electron chi connectivity index (χ4n) is 4.13. The van der Waals surface area contributed by atoms with Crippen LogP contribution in [0.25, 0.3) is 0 Å². The van der Waals surface area contributed by atoms with Gasteiger partial charge in [0.15, 0.2) is 0 Å². The number of rotatable bonds is 7. The first kappa shape index (κ1) is 23.5. The van der Waals surface area contributed by atoms with Crippen molar-refractivity contribution >= 4 is 23.4 Å². The molecule has 1 aliphatic heterocycles. The van der Waals surface area contributed by atoms with Gasteiger partial charge in [-0.25, -0.2) is 0 Å². The molecule has 1 saturated heterocycles. The predicted molar refractivity (Wildman–Crippen MR) is 126 cm³/mol. The number of carbonyl (C=O) groups excluding carboxylic acids is 3. The highest BCUT2D eigenvalue weighted by Crippen LogP contribution is 2.21. The molecule has 1 fully saturated rings. The number of para-hydroxylation sites is 1. The third-order valence-electron chi connectivity index (χ3n) is 5.85. The third kappa shape index (κ3) is 6.19. The fraction of sp³-hybridized carbons (Fsp3) is 0.423. The average molecular weight is 436 g/mol. The molecular weight excluding hydrogens is 402 g/mol. The fourth-order valence-corrected chi connectivity index (χ4v) is 4.13. The van der Waals surface area contributed by atoms with Gasteiger partial charge in [0.05, 0.1) is 5.92 Å². The lowest BCUT2D eigenvalue weighted by Crippen LogP contribution is -2.53. The topological polar surface area (TPSA) is 78.5 Å². The molecule has 2 aromatic carbocycles. The second-order valence-corrected chi connectivity index (χ2v) is 8.95. The highest BCUT2D eigenvalue weighted by molar-refractivity contribution is 5.99. The van der Waals surface area contributed by atoms with Crippen LogP contribution >= 0.6 is 0 Å². The molecule has 6 nitrogen and oxygen atoms in total. The van der Waals surface area contributed by atoms with Crippen LogP contribution in [0.2, 0.25) is 0 Å². The number of hydrogen-bond donors (Lipinski definition) is 2. The van der Waals surface area contributed by atoms with Crippen molar-refractivity contribution in [2.45, 2.75) is 46.1 Å². The second kappa shape index (κ2) is 10.9. The van der Waals surface area contributed by atoms with Crippen LogP contribution in [0.1, 0.15) is 49.0 Å². The Morgan fingerprint density at radius 2 is 1.72 bits per heavy atom. The number of hydrogen-bond acceptors (Lipinski definition) is 3. The predicted octanol–water partition coefficient (Wildman–Crippen LogP) is 4.02. The van der Waals surface area contributed by atoms with Crippen molar-refractivity contribution in [2.75, 3.05) is 18.4 Å². The van der Waals surface area contributed by atoms with Crippen LogP contribution in [-0.2, 0) is 9.59 Å². The van der Waals surface area contributed by atoms with Crippen molar-refractivity contribution in [2.24, 2.45) is 11.8 Å². The zero-order valence-corrected chi connectivity index (χ0v) is 19.1. The highest BCUT2D eigenvalue weighted by Gasteiger charge is 2.33. The van der Waals surface area contributed by atoms with Gasteiger partial charge in [-0.15, -0.1) is 0 Å². The normalized spacial score (nSPS) is 17.0. The zero-order valence-electron chi connectivity index (χ0n) is 19.1. The van der Waals surface area contributed by atoms with E-state index in [4.69, 9.17) is 0 Å². The molecule has 3 rings (SSSR count). The summed E-state index contributed by atoms with van der Waals surface area (Å²) in [6.07, 6.45) is 2.06. The van der Waals surface area contributed by atoms with E-state index in [1.165, 1.54) is 0 Å².